The van der Waals surface area contributed by atoms with Gasteiger partial charge in [-0.15, -0.1) is 0 Å². The molecule has 0 nitrogen and oxygen atoms in total. The van der Waals surface area contributed by atoms with Gasteiger partial charge in [0.15, 0.2) is 0 Å². The Hall–Kier alpha value is -2.31. The van der Waals surface area contributed by atoms with Crippen LogP contribution in [-0.2, 0) is 6.42 Å². The summed E-state index contributed by atoms with van der Waals surface area (Å²) in [4.78, 5) is 0. The number of aryl methyl sites for hydroxylation is 3. The molecule has 0 saturated heterocycles. The van der Waals surface area contributed by atoms with Crippen LogP contribution in [0.4, 0.5) is 0 Å². The number of rotatable bonds is 1. The summed E-state index contributed by atoms with van der Waals surface area (Å²) >= 11 is 6.65. The van der Waals surface area contributed by atoms with E-state index < -0.39 is 0 Å². The molecule has 2 aliphatic rings. The molecule has 3 aromatic carbocycles. The van der Waals surface area contributed by atoms with Gasteiger partial charge in [0.05, 0.1) is 0 Å². The summed E-state index contributed by atoms with van der Waals surface area (Å²) in [6.07, 6.45) is 9.33. The number of benzene rings is 3. The van der Waals surface area contributed by atoms with Crippen LogP contribution in [0.25, 0.3) is 27.5 Å². The third-order valence-electron chi connectivity index (χ3n) is 6.23. The molecule has 0 radical (unpaired) electrons. The minimum absolute atomic E-state index is 0.849. The van der Waals surface area contributed by atoms with E-state index in [9.17, 15) is 0 Å². The second-order valence-electron chi connectivity index (χ2n) is 7.83. The van der Waals surface area contributed by atoms with Crippen molar-refractivity contribution in [1.82, 2.24) is 0 Å². The van der Waals surface area contributed by atoms with Crippen LogP contribution >= 0.6 is 11.6 Å². The maximum Gasteiger partial charge on any atom is 0.0484 e. The number of hydrogen-bond acceptors (Lipinski definition) is 0. The van der Waals surface area contributed by atoms with Crippen molar-refractivity contribution >= 4 is 27.9 Å². The lowest BCUT2D eigenvalue weighted by molar-refractivity contribution is 0.831. The maximum atomic E-state index is 6.65. The lowest BCUT2D eigenvalue weighted by atomic mass is 9.78. The molecular weight excluding hydrogens is 348 g/mol. The number of hydrogen-bond donors (Lipinski definition) is 0. The zero-order valence-electron chi connectivity index (χ0n) is 15.9. The highest BCUT2D eigenvalue weighted by molar-refractivity contribution is 6.36. The molecule has 0 saturated carbocycles. The van der Waals surface area contributed by atoms with Crippen LogP contribution in [0.5, 0.6) is 0 Å². The summed E-state index contributed by atoms with van der Waals surface area (Å²) < 4.78 is 0. The Labute approximate surface area is 166 Å². The molecule has 0 unspecified atom stereocenters. The van der Waals surface area contributed by atoms with Crippen LogP contribution in [-0.4, -0.2) is 0 Å². The Morgan fingerprint density at radius 1 is 0.815 bits per heavy atom. The molecule has 0 amide bonds. The van der Waals surface area contributed by atoms with Crippen molar-refractivity contribution in [2.45, 2.75) is 39.5 Å². The molecule has 2 aliphatic carbocycles. The van der Waals surface area contributed by atoms with Crippen molar-refractivity contribution in [3.63, 3.8) is 0 Å². The van der Waals surface area contributed by atoms with Crippen LogP contribution in [0.2, 0.25) is 5.02 Å². The first-order chi connectivity index (χ1) is 13.1. The highest BCUT2D eigenvalue weighted by atomic mass is 35.5. The Kier molecular flexibility index (Phi) is 3.98. The number of halogens is 1. The van der Waals surface area contributed by atoms with Crippen molar-refractivity contribution < 1.29 is 0 Å². The summed E-state index contributed by atoms with van der Waals surface area (Å²) in [5.74, 6) is 0. The van der Waals surface area contributed by atoms with Crippen LogP contribution < -0.4 is 0 Å². The summed E-state index contributed by atoms with van der Waals surface area (Å²) in [5, 5.41) is 3.38. The highest BCUT2D eigenvalue weighted by Gasteiger charge is 2.23. The molecule has 0 atom stereocenters. The van der Waals surface area contributed by atoms with Crippen molar-refractivity contribution in [2.24, 2.45) is 0 Å². The molecule has 5 rings (SSSR count). The fourth-order valence-electron chi connectivity index (χ4n) is 4.97. The van der Waals surface area contributed by atoms with Crippen molar-refractivity contribution in [1.29, 1.82) is 0 Å². The second kappa shape index (κ2) is 6.39. The topological polar surface area (TPSA) is 0 Å². The third kappa shape index (κ3) is 2.58. The van der Waals surface area contributed by atoms with Gasteiger partial charge in [0.25, 0.3) is 0 Å². The van der Waals surface area contributed by atoms with Crippen LogP contribution in [0.3, 0.4) is 0 Å². The Morgan fingerprint density at radius 2 is 1.59 bits per heavy atom. The first kappa shape index (κ1) is 16.8. The Bertz CT molecular complexity index is 1120. The number of fused-ring (bicyclic) bond motifs is 4. The standard InChI is InChI=1S/C26H23Cl/c1-16-6-5-7-17(2)25(16)23-14-15-24(27)22-13-12-20-19-9-4-3-8-18(19)10-11-21(20)26(22)23/h4-7,9,12-15H,3,8,10-11H2,1-2H3. The smallest absolute Gasteiger partial charge is 0.0484 e. The van der Waals surface area contributed by atoms with E-state index in [2.05, 4.69) is 68.5 Å². The summed E-state index contributed by atoms with van der Waals surface area (Å²) in [6.45, 7) is 4.42. The minimum atomic E-state index is 0.849. The molecule has 134 valence electrons. The van der Waals surface area contributed by atoms with Gasteiger partial charge in [0, 0.05) is 10.4 Å². The van der Waals surface area contributed by atoms with E-state index in [1.165, 1.54) is 69.0 Å². The Balaban J connectivity index is 1.88. The molecule has 0 N–H and O–H groups in total. The molecule has 3 aromatic rings. The highest BCUT2D eigenvalue weighted by Crippen LogP contribution is 2.45. The van der Waals surface area contributed by atoms with Gasteiger partial charge in [-0.3, -0.25) is 0 Å². The molecule has 0 fully saturated rings. The zero-order valence-corrected chi connectivity index (χ0v) is 16.7. The molecule has 0 bridgehead atoms. The first-order valence-electron chi connectivity index (χ1n) is 9.85. The monoisotopic (exact) mass is 370 g/mol. The van der Waals surface area contributed by atoms with Crippen LogP contribution in [0, 0.1) is 13.8 Å². The molecule has 0 heterocycles. The van der Waals surface area contributed by atoms with Gasteiger partial charge in [-0.05, 0) is 89.9 Å². The van der Waals surface area contributed by atoms with E-state index in [1.54, 1.807) is 5.57 Å². The normalized spacial score (nSPS) is 15.8. The van der Waals surface area contributed by atoms with Gasteiger partial charge in [0.1, 0.15) is 0 Å². The van der Waals surface area contributed by atoms with Gasteiger partial charge in [0.2, 0.25) is 0 Å². The molecule has 0 aliphatic heterocycles. The zero-order chi connectivity index (χ0) is 18.5. The summed E-state index contributed by atoms with van der Waals surface area (Å²) in [7, 11) is 0. The third-order valence-corrected chi connectivity index (χ3v) is 6.56. The Morgan fingerprint density at radius 3 is 2.41 bits per heavy atom. The average molecular weight is 371 g/mol. The number of allylic oxidation sites excluding steroid dienone is 4. The van der Waals surface area contributed by atoms with Gasteiger partial charge in [-0.2, -0.15) is 0 Å². The lowest BCUT2D eigenvalue weighted by Gasteiger charge is -2.27. The molecule has 1 heteroatoms. The van der Waals surface area contributed by atoms with Gasteiger partial charge < -0.3 is 0 Å². The molecule has 0 spiro atoms. The summed E-state index contributed by atoms with van der Waals surface area (Å²) in [6, 6.07) is 15.4. The predicted molar refractivity (Wildman–Crippen MR) is 117 cm³/mol. The van der Waals surface area contributed by atoms with E-state index in [4.69, 9.17) is 11.6 Å². The van der Waals surface area contributed by atoms with E-state index >= 15 is 0 Å². The fraction of sp³-hybridized carbons (Fsp3) is 0.231. The minimum Gasteiger partial charge on any atom is -0.0837 e. The van der Waals surface area contributed by atoms with E-state index in [0.29, 0.717) is 0 Å². The lowest BCUT2D eigenvalue weighted by Crippen LogP contribution is -2.07. The van der Waals surface area contributed by atoms with Crippen molar-refractivity contribution in [3.05, 3.63) is 87.5 Å². The van der Waals surface area contributed by atoms with E-state index in [-0.39, 0.29) is 0 Å². The van der Waals surface area contributed by atoms with Crippen molar-refractivity contribution in [3.8, 4) is 11.1 Å². The fourth-order valence-corrected chi connectivity index (χ4v) is 5.19. The van der Waals surface area contributed by atoms with Gasteiger partial charge in [-0.25, -0.2) is 0 Å². The SMILES string of the molecule is Cc1cccc(C)c1-c1ccc(Cl)c2ccc3c(c12)CCC1=C3C=CCC1. The molecular formula is C26H23Cl. The molecule has 27 heavy (non-hydrogen) atoms. The summed E-state index contributed by atoms with van der Waals surface area (Å²) in [5.41, 5.74) is 11.3. The van der Waals surface area contributed by atoms with Gasteiger partial charge >= 0.3 is 0 Å². The van der Waals surface area contributed by atoms with Crippen LogP contribution in [0.15, 0.2) is 60.2 Å². The molecule has 0 aromatic heterocycles. The van der Waals surface area contributed by atoms with Crippen LogP contribution in [0.1, 0.15) is 41.5 Å². The quantitative estimate of drug-likeness (QED) is 0.409. The predicted octanol–water partition coefficient (Wildman–Crippen LogP) is 7.83. The second-order valence-corrected chi connectivity index (χ2v) is 8.24. The van der Waals surface area contributed by atoms with Crippen molar-refractivity contribution in [2.75, 3.05) is 0 Å². The maximum absolute atomic E-state index is 6.65. The largest absolute Gasteiger partial charge is 0.0837 e. The average Bonchev–Trinajstić information content (AvgIpc) is 2.69. The van der Waals surface area contributed by atoms with E-state index in [0.717, 1.165) is 11.4 Å². The first-order valence-corrected chi connectivity index (χ1v) is 10.2. The van der Waals surface area contributed by atoms with E-state index in [1.807, 2.05) is 0 Å². The van der Waals surface area contributed by atoms with Gasteiger partial charge in [-0.1, -0.05) is 65.7 Å².